The molecule has 1 unspecified atom stereocenters. The van der Waals surface area contributed by atoms with Crippen molar-refractivity contribution in [2.24, 2.45) is 0 Å². The summed E-state index contributed by atoms with van der Waals surface area (Å²) in [6.07, 6.45) is 0.569. The fourth-order valence-electron chi connectivity index (χ4n) is 3.32. The molecule has 1 fully saturated rings. The number of carbonyl (C=O) groups excluding carboxylic acids is 2. The molecular weight excluding hydrogens is 523 g/mol. The van der Waals surface area contributed by atoms with Crippen LogP contribution in [-0.2, 0) is 6.18 Å². The molecule has 1 aliphatic carbocycles. The SMILES string of the molecule is CC(NC(=O)c1ncnc2c1nnn2C1CC1)c1ncc(C(=O)Nc2cc(C(F)(F)F)c(Cl)cn2)s1. The van der Waals surface area contributed by atoms with Crippen molar-refractivity contribution in [1.82, 2.24) is 40.2 Å². The number of fused-ring (bicyclic) bond motifs is 1. The monoisotopic (exact) mass is 537 g/mol. The third kappa shape index (κ3) is 4.70. The van der Waals surface area contributed by atoms with Crippen LogP contribution in [0.5, 0.6) is 0 Å². The molecule has 0 aliphatic heterocycles. The van der Waals surface area contributed by atoms with Crippen LogP contribution in [0.15, 0.2) is 24.8 Å². The summed E-state index contributed by atoms with van der Waals surface area (Å²) < 4.78 is 40.8. The lowest BCUT2D eigenvalue weighted by Gasteiger charge is -2.11. The first-order chi connectivity index (χ1) is 17.1. The molecule has 0 aromatic carbocycles. The number of alkyl halides is 3. The van der Waals surface area contributed by atoms with Gasteiger partial charge in [-0.1, -0.05) is 16.8 Å². The van der Waals surface area contributed by atoms with Crippen LogP contribution in [0.2, 0.25) is 5.02 Å². The zero-order chi connectivity index (χ0) is 25.6. The Balaban J connectivity index is 1.28. The smallest absolute Gasteiger partial charge is 0.342 e. The molecule has 4 heterocycles. The molecular formula is C20H15ClF3N9O2S. The van der Waals surface area contributed by atoms with Gasteiger partial charge in [0.25, 0.3) is 11.8 Å². The van der Waals surface area contributed by atoms with Crippen LogP contribution in [0.1, 0.15) is 62.6 Å². The molecule has 4 aromatic rings. The van der Waals surface area contributed by atoms with E-state index in [1.807, 2.05) is 0 Å². The highest BCUT2D eigenvalue weighted by atomic mass is 35.5. The van der Waals surface area contributed by atoms with Crippen LogP contribution in [0, 0.1) is 0 Å². The molecule has 0 radical (unpaired) electrons. The van der Waals surface area contributed by atoms with E-state index >= 15 is 0 Å². The van der Waals surface area contributed by atoms with Crippen molar-refractivity contribution in [3.63, 3.8) is 0 Å². The third-order valence-electron chi connectivity index (χ3n) is 5.24. The van der Waals surface area contributed by atoms with Crippen LogP contribution in [0.25, 0.3) is 11.2 Å². The average Bonchev–Trinajstić information content (AvgIpc) is 3.37. The molecule has 0 saturated heterocycles. The average molecular weight is 538 g/mol. The van der Waals surface area contributed by atoms with Gasteiger partial charge in [0.05, 0.1) is 28.9 Å². The van der Waals surface area contributed by atoms with Crippen LogP contribution in [0.4, 0.5) is 19.0 Å². The Hall–Kier alpha value is -3.72. The molecule has 2 N–H and O–H groups in total. The van der Waals surface area contributed by atoms with Crippen molar-refractivity contribution in [2.45, 2.75) is 38.0 Å². The summed E-state index contributed by atoms with van der Waals surface area (Å²) in [6, 6.07) is 0.258. The molecule has 4 aromatic heterocycles. The maximum atomic E-state index is 13.0. The quantitative estimate of drug-likeness (QED) is 0.378. The molecule has 1 atom stereocenters. The minimum atomic E-state index is -4.70. The second-order valence-electron chi connectivity index (χ2n) is 7.92. The summed E-state index contributed by atoms with van der Waals surface area (Å²) in [6.45, 7) is 1.66. The highest BCUT2D eigenvalue weighted by Crippen LogP contribution is 2.36. The third-order valence-corrected chi connectivity index (χ3v) is 6.72. The lowest BCUT2D eigenvalue weighted by molar-refractivity contribution is -0.137. The fourth-order valence-corrected chi connectivity index (χ4v) is 4.34. The molecule has 1 aliphatic rings. The number of carbonyl (C=O) groups is 2. The Morgan fingerprint density at radius 1 is 1.17 bits per heavy atom. The molecule has 16 heteroatoms. The fraction of sp³-hybridized carbons (Fsp3) is 0.300. The van der Waals surface area contributed by atoms with E-state index in [2.05, 4.69) is 40.9 Å². The number of rotatable bonds is 6. The standard InChI is InChI=1S/C20H15ClF3N9O2S/c1-8(29-18(35)15-14-16(28-7-27-15)33(32-31-14)9-2-3-9)19-26-6-12(36-19)17(34)30-13-4-10(20(22,23)24)11(21)5-25-13/h4-9H,2-3H2,1H3,(H,29,35)(H,25,30,34). The number of nitrogens with zero attached hydrogens (tertiary/aromatic N) is 7. The Morgan fingerprint density at radius 2 is 1.94 bits per heavy atom. The molecule has 36 heavy (non-hydrogen) atoms. The van der Waals surface area contributed by atoms with Gasteiger partial charge in [0.2, 0.25) is 0 Å². The zero-order valence-electron chi connectivity index (χ0n) is 18.2. The van der Waals surface area contributed by atoms with Crippen molar-refractivity contribution in [3.05, 3.63) is 51.0 Å². The first-order valence-corrected chi connectivity index (χ1v) is 11.7. The van der Waals surface area contributed by atoms with Crippen molar-refractivity contribution < 1.29 is 22.8 Å². The maximum absolute atomic E-state index is 13.0. The molecule has 1 saturated carbocycles. The van der Waals surface area contributed by atoms with E-state index in [1.165, 1.54) is 12.5 Å². The van der Waals surface area contributed by atoms with Gasteiger partial charge in [0, 0.05) is 6.20 Å². The lowest BCUT2D eigenvalue weighted by Crippen LogP contribution is -2.27. The summed E-state index contributed by atoms with van der Waals surface area (Å²) in [7, 11) is 0. The summed E-state index contributed by atoms with van der Waals surface area (Å²) >= 11 is 6.51. The van der Waals surface area contributed by atoms with Crippen LogP contribution in [0.3, 0.4) is 0 Å². The molecule has 5 rings (SSSR count). The Bertz CT molecular complexity index is 1480. The molecule has 2 amide bonds. The highest BCUT2D eigenvalue weighted by molar-refractivity contribution is 7.13. The number of pyridine rings is 1. The van der Waals surface area contributed by atoms with E-state index in [0.29, 0.717) is 16.7 Å². The Kier molecular flexibility index (Phi) is 6.04. The highest BCUT2D eigenvalue weighted by Gasteiger charge is 2.34. The predicted molar refractivity (Wildman–Crippen MR) is 122 cm³/mol. The molecule has 0 spiro atoms. The summed E-state index contributed by atoms with van der Waals surface area (Å²) in [5, 5.41) is 13.0. The number of thiazole rings is 1. The summed E-state index contributed by atoms with van der Waals surface area (Å²) in [5.74, 6) is -1.56. The van der Waals surface area contributed by atoms with Crippen molar-refractivity contribution in [3.8, 4) is 0 Å². The van der Waals surface area contributed by atoms with Gasteiger partial charge in [-0.2, -0.15) is 13.2 Å². The van der Waals surface area contributed by atoms with E-state index in [-0.39, 0.29) is 27.9 Å². The number of hydrogen-bond acceptors (Lipinski definition) is 9. The van der Waals surface area contributed by atoms with Gasteiger partial charge in [-0.3, -0.25) is 9.59 Å². The minimum absolute atomic E-state index is 0.0579. The number of hydrogen-bond donors (Lipinski definition) is 2. The maximum Gasteiger partial charge on any atom is 0.418 e. The molecule has 0 bridgehead atoms. The van der Waals surface area contributed by atoms with Gasteiger partial charge in [-0.25, -0.2) is 24.6 Å². The van der Waals surface area contributed by atoms with Crippen LogP contribution in [-0.4, -0.2) is 46.7 Å². The second-order valence-corrected chi connectivity index (χ2v) is 9.39. The topological polar surface area (TPSA) is 140 Å². The van der Waals surface area contributed by atoms with Crippen molar-refractivity contribution in [1.29, 1.82) is 0 Å². The van der Waals surface area contributed by atoms with E-state index in [4.69, 9.17) is 11.6 Å². The van der Waals surface area contributed by atoms with Crippen LogP contribution < -0.4 is 10.6 Å². The molecule has 11 nitrogen and oxygen atoms in total. The number of halogens is 4. The summed E-state index contributed by atoms with van der Waals surface area (Å²) in [4.78, 5) is 41.6. The van der Waals surface area contributed by atoms with E-state index in [9.17, 15) is 22.8 Å². The van der Waals surface area contributed by atoms with E-state index in [1.54, 1.807) is 11.6 Å². The number of anilines is 1. The number of aromatic nitrogens is 7. The largest absolute Gasteiger partial charge is 0.418 e. The predicted octanol–water partition coefficient (Wildman–Crippen LogP) is 3.82. The van der Waals surface area contributed by atoms with Gasteiger partial charge in [-0.05, 0) is 25.8 Å². The van der Waals surface area contributed by atoms with Gasteiger partial charge >= 0.3 is 6.18 Å². The second kappa shape index (κ2) is 9.05. The van der Waals surface area contributed by atoms with E-state index in [0.717, 1.165) is 30.4 Å². The van der Waals surface area contributed by atoms with Gasteiger partial charge < -0.3 is 10.6 Å². The van der Waals surface area contributed by atoms with E-state index < -0.39 is 34.6 Å². The minimum Gasteiger partial charge on any atom is -0.342 e. The van der Waals surface area contributed by atoms with Crippen molar-refractivity contribution in [2.75, 3.05) is 5.32 Å². The van der Waals surface area contributed by atoms with Crippen LogP contribution >= 0.6 is 22.9 Å². The Morgan fingerprint density at radius 3 is 2.67 bits per heavy atom. The van der Waals surface area contributed by atoms with Crippen molar-refractivity contribution >= 4 is 51.7 Å². The zero-order valence-corrected chi connectivity index (χ0v) is 19.8. The number of amides is 2. The van der Waals surface area contributed by atoms with Gasteiger partial charge in [-0.15, -0.1) is 16.4 Å². The first-order valence-electron chi connectivity index (χ1n) is 10.5. The first kappa shape index (κ1) is 24.0. The number of nitrogens with one attached hydrogen (secondary N) is 2. The molecule has 186 valence electrons. The lowest BCUT2D eigenvalue weighted by atomic mass is 10.2. The Labute approximate surface area is 209 Å². The summed E-state index contributed by atoms with van der Waals surface area (Å²) in [5.41, 5.74) is -0.306. The normalized spacial score (nSPS) is 14.6. The van der Waals surface area contributed by atoms with Gasteiger partial charge in [0.1, 0.15) is 22.0 Å². The van der Waals surface area contributed by atoms with Gasteiger partial charge in [0.15, 0.2) is 16.9 Å².